The minimum Gasteiger partial charge on any atom is -0.312 e. The van der Waals surface area contributed by atoms with Gasteiger partial charge < -0.3 is 4.57 Å². The number of sulfonamides is 1. The number of allylic oxidation sites excluding steroid dienone is 1. The molecule has 3 aromatic rings. The van der Waals surface area contributed by atoms with Crippen LogP contribution in [0.1, 0.15) is 0 Å². The lowest BCUT2D eigenvalue weighted by atomic mass is 10.3. The van der Waals surface area contributed by atoms with Gasteiger partial charge in [-0.1, -0.05) is 17.4 Å². The number of nitro groups is 1. The lowest BCUT2D eigenvalue weighted by Gasteiger charge is -2.01. The zero-order valence-corrected chi connectivity index (χ0v) is 14.8. The molecule has 0 aliphatic rings. The van der Waals surface area contributed by atoms with Crippen LogP contribution in [-0.2, 0) is 16.6 Å². The van der Waals surface area contributed by atoms with Crippen molar-refractivity contribution in [3.05, 3.63) is 75.9 Å². The van der Waals surface area contributed by atoms with Crippen LogP contribution in [0.4, 0.5) is 10.1 Å². The Morgan fingerprint density at radius 2 is 1.96 bits per heavy atom. The molecule has 26 heavy (non-hydrogen) atoms. The standard InChI is InChI=1S/C16H12FN3O4S2/c1-2-9-19-14-8-5-12(20(21)22)10-15(14)25-16(19)18-26(23,24)13-6-3-11(17)4-7-13/h2-8,10H,1,9H2. The Kier molecular flexibility index (Phi) is 4.70. The van der Waals surface area contributed by atoms with Gasteiger partial charge in [0.2, 0.25) is 4.80 Å². The molecule has 0 fully saturated rings. The van der Waals surface area contributed by atoms with Crippen LogP contribution in [0.3, 0.4) is 0 Å². The van der Waals surface area contributed by atoms with Crippen LogP contribution in [0.25, 0.3) is 10.2 Å². The van der Waals surface area contributed by atoms with E-state index in [2.05, 4.69) is 11.0 Å². The molecule has 0 radical (unpaired) electrons. The van der Waals surface area contributed by atoms with E-state index in [0.29, 0.717) is 10.2 Å². The summed E-state index contributed by atoms with van der Waals surface area (Å²) < 4.78 is 44.0. The van der Waals surface area contributed by atoms with Gasteiger partial charge in [-0.15, -0.1) is 11.0 Å². The van der Waals surface area contributed by atoms with Gasteiger partial charge in [0.05, 0.1) is 20.0 Å². The first-order valence-corrected chi connectivity index (χ1v) is 9.53. The number of halogens is 1. The number of hydrogen-bond donors (Lipinski definition) is 0. The van der Waals surface area contributed by atoms with E-state index in [0.717, 1.165) is 35.6 Å². The number of aromatic nitrogens is 1. The zero-order chi connectivity index (χ0) is 18.9. The predicted octanol–water partition coefficient (Wildman–Crippen LogP) is 3.23. The highest BCUT2D eigenvalue weighted by Gasteiger charge is 2.16. The second-order valence-corrected chi connectivity index (χ2v) is 7.83. The molecular formula is C16H12FN3O4S2. The molecule has 0 amide bonds. The Bertz CT molecular complexity index is 1180. The van der Waals surface area contributed by atoms with Crippen LogP contribution in [0.5, 0.6) is 0 Å². The van der Waals surface area contributed by atoms with Gasteiger partial charge >= 0.3 is 0 Å². The normalized spacial score (nSPS) is 12.4. The van der Waals surface area contributed by atoms with E-state index >= 15 is 0 Å². The molecule has 7 nitrogen and oxygen atoms in total. The van der Waals surface area contributed by atoms with Gasteiger partial charge in [0.25, 0.3) is 15.7 Å². The summed E-state index contributed by atoms with van der Waals surface area (Å²) in [5, 5.41) is 10.9. The van der Waals surface area contributed by atoms with Gasteiger partial charge in [-0.25, -0.2) is 4.39 Å². The smallest absolute Gasteiger partial charge is 0.285 e. The number of non-ortho nitro benzene ring substituents is 1. The number of hydrogen-bond acceptors (Lipinski definition) is 5. The Hall–Kier alpha value is -2.85. The summed E-state index contributed by atoms with van der Waals surface area (Å²) in [5.41, 5.74) is 0.506. The SMILES string of the molecule is C=CCn1c(=NS(=O)(=O)c2ccc(F)cc2)sc2cc([N+](=O)[O-])ccc21. The number of fused-ring (bicyclic) bond motifs is 1. The van der Waals surface area contributed by atoms with Gasteiger partial charge in [0, 0.05) is 18.7 Å². The van der Waals surface area contributed by atoms with Crippen molar-refractivity contribution in [2.75, 3.05) is 0 Å². The Balaban J connectivity index is 2.23. The molecule has 0 N–H and O–H groups in total. The largest absolute Gasteiger partial charge is 0.312 e. The maximum atomic E-state index is 13.0. The van der Waals surface area contributed by atoms with Crippen molar-refractivity contribution >= 4 is 37.3 Å². The molecule has 1 aromatic heterocycles. The lowest BCUT2D eigenvalue weighted by molar-refractivity contribution is -0.384. The molecule has 3 rings (SSSR count). The fourth-order valence-corrected chi connectivity index (χ4v) is 4.59. The van der Waals surface area contributed by atoms with Crippen molar-refractivity contribution in [3.8, 4) is 0 Å². The highest BCUT2D eigenvalue weighted by molar-refractivity contribution is 7.90. The van der Waals surface area contributed by atoms with E-state index in [1.165, 1.54) is 18.2 Å². The highest BCUT2D eigenvalue weighted by Crippen LogP contribution is 2.24. The maximum absolute atomic E-state index is 13.0. The summed E-state index contributed by atoms with van der Waals surface area (Å²) >= 11 is 1.01. The van der Waals surface area contributed by atoms with Gasteiger partial charge in [0.1, 0.15) is 5.82 Å². The third kappa shape index (κ3) is 3.41. The van der Waals surface area contributed by atoms with E-state index in [1.54, 1.807) is 10.6 Å². The first kappa shape index (κ1) is 18.0. The fourth-order valence-electron chi connectivity index (χ4n) is 2.31. The van der Waals surface area contributed by atoms with Gasteiger partial charge in [-0.3, -0.25) is 10.1 Å². The van der Waals surface area contributed by atoms with Gasteiger partial charge in [-0.05, 0) is 30.3 Å². The summed E-state index contributed by atoms with van der Waals surface area (Å²) in [4.78, 5) is 10.4. The first-order chi connectivity index (χ1) is 12.3. The molecule has 0 bridgehead atoms. The van der Waals surface area contributed by atoms with Crippen LogP contribution >= 0.6 is 11.3 Å². The number of rotatable bonds is 5. The van der Waals surface area contributed by atoms with E-state index in [1.807, 2.05) is 0 Å². The van der Waals surface area contributed by atoms with Crippen molar-refractivity contribution in [3.63, 3.8) is 0 Å². The molecule has 0 unspecified atom stereocenters. The van der Waals surface area contributed by atoms with E-state index in [-0.39, 0.29) is 21.9 Å². The van der Waals surface area contributed by atoms with Crippen molar-refractivity contribution < 1.29 is 17.7 Å². The van der Waals surface area contributed by atoms with Gasteiger partial charge in [0.15, 0.2) is 0 Å². The van der Waals surface area contributed by atoms with E-state index in [9.17, 15) is 22.9 Å². The third-order valence-corrected chi connectivity index (χ3v) is 5.94. The van der Waals surface area contributed by atoms with Gasteiger partial charge in [-0.2, -0.15) is 8.42 Å². The molecule has 2 aromatic carbocycles. The fraction of sp³-hybridized carbons (Fsp3) is 0.0625. The molecule has 0 saturated heterocycles. The summed E-state index contributed by atoms with van der Waals surface area (Å²) in [6.45, 7) is 3.91. The average molecular weight is 393 g/mol. The van der Waals surface area contributed by atoms with Crippen molar-refractivity contribution in [2.24, 2.45) is 4.40 Å². The molecule has 134 valence electrons. The van der Waals surface area contributed by atoms with Crippen LogP contribution in [-0.4, -0.2) is 17.9 Å². The third-order valence-electron chi connectivity index (χ3n) is 3.50. The second-order valence-electron chi connectivity index (χ2n) is 5.21. The van der Waals surface area contributed by atoms with Crippen LogP contribution < -0.4 is 4.80 Å². The molecule has 1 heterocycles. The molecular weight excluding hydrogens is 381 g/mol. The molecule has 0 spiro atoms. The predicted molar refractivity (Wildman–Crippen MR) is 95.8 cm³/mol. The van der Waals surface area contributed by atoms with Crippen molar-refractivity contribution in [1.82, 2.24) is 4.57 Å². The Morgan fingerprint density at radius 3 is 2.58 bits per heavy atom. The van der Waals surface area contributed by atoms with Crippen LogP contribution in [0.15, 0.2) is 64.4 Å². The molecule has 0 aliphatic carbocycles. The number of nitro benzene ring substituents is 1. The zero-order valence-electron chi connectivity index (χ0n) is 13.2. The molecule has 10 heteroatoms. The Morgan fingerprint density at radius 1 is 1.27 bits per heavy atom. The van der Waals surface area contributed by atoms with Crippen molar-refractivity contribution in [2.45, 2.75) is 11.4 Å². The molecule has 0 saturated carbocycles. The first-order valence-electron chi connectivity index (χ1n) is 7.27. The maximum Gasteiger partial charge on any atom is 0.285 e. The van der Waals surface area contributed by atoms with Crippen LogP contribution in [0, 0.1) is 15.9 Å². The number of thiazole rings is 1. The Labute approximate surface area is 151 Å². The molecule has 0 atom stereocenters. The van der Waals surface area contributed by atoms with E-state index in [4.69, 9.17) is 0 Å². The number of benzene rings is 2. The minimum atomic E-state index is -4.07. The van der Waals surface area contributed by atoms with Crippen LogP contribution in [0.2, 0.25) is 0 Å². The summed E-state index contributed by atoms with van der Waals surface area (Å²) in [6.07, 6.45) is 1.57. The van der Waals surface area contributed by atoms with E-state index < -0.39 is 20.8 Å². The highest BCUT2D eigenvalue weighted by atomic mass is 32.2. The molecule has 0 aliphatic heterocycles. The average Bonchev–Trinajstić information content (AvgIpc) is 2.91. The summed E-state index contributed by atoms with van der Waals surface area (Å²) in [6, 6.07) is 8.57. The second kappa shape index (κ2) is 6.81. The topological polar surface area (TPSA) is 94.6 Å². The summed E-state index contributed by atoms with van der Waals surface area (Å²) in [7, 11) is -4.07. The van der Waals surface area contributed by atoms with Crippen molar-refractivity contribution in [1.29, 1.82) is 0 Å². The minimum absolute atomic E-state index is 0.0996. The monoisotopic (exact) mass is 393 g/mol. The number of nitrogens with zero attached hydrogens (tertiary/aromatic N) is 3. The summed E-state index contributed by atoms with van der Waals surface area (Å²) in [5.74, 6) is -0.556. The quantitative estimate of drug-likeness (QED) is 0.378. The lowest BCUT2D eigenvalue weighted by Crippen LogP contribution is -2.16.